The van der Waals surface area contributed by atoms with Gasteiger partial charge in [-0.3, -0.25) is 4.79 Å². The first-order chi connectivity index (χ1) is 11.1. The molecule has 0 aliphatic carbocycles. The van der Waals surface area contributed by atoms with E-state index >= 15 is 0 Å². The maximum absolute atomic E-state index is 12.7. The van der Waals surface area contributed by atoms with Gasteiger partial charge in [-0.2, -0.15) is 0 Å². The van der Waals surface area contributed by atoms with E-state index in [-0.39, 0.29) is 0 Å². The van der Waals surface area contributed by atoms with Crippen LogP contribution in [-0.2, 0) is 9.53 Å². The van der Waals surface area contributed by atoms with E-state index in [2.05, 4.69) is 4.98 Å². The average Bonchev–Trinajstić information content (AvgIpc) is 2.58. The Hall–Kier alpha value is -3.15. The van der Waals surface area contributed by atoms with E-state index in [0.29, 0.717) is 16.5 Å². The quantitative estimate of drug-likeness (QED) is 0.742. The molecule has 0 aliphatic rings. The van der Waals surface area contributed by atoms with Gasteiger partial charge in [-0.05, 0) is 17.7 Å². The molecule has 0 bridgehead atoms. The number of hydrogen-bond acceptors (Lipinski definition) is 4. The highest BCUT2D eigenvalue weighted by Crippen LogP contribution is 2.17. The predicted molar refractivity (Wildman–Crippen MR) is 85.4 cm³/mol. The van der Waals surface area contributed by atoms with Crippen LogP contribution in [0.1, 0.15) is 11.6 Å². The van der Waals surface area contributed by atoms with Crippen molar-refractivity contribution in [2.75, 3.05) is 7.11 Å². The number of benzene rings is 2. The number of carbonyl (C=O) groups is 1. The minimum atomic E-state index is -1.14. The molecule has 0 radical (unpaired) electrons. The first-order valence-electron chi connectivity index (χ1n) is 7.00. The highest BCUT2D eigenvalue weighted by Gasteiger charge is 2.27. The van der Waals surface area contributed by atoms with Gasteiger partial charge in [-0.1, -0.05) is 42.5 Å². The topological polar surface area (TPSA) is 81.2 Å². The van der Waals surface area contributed by atoms with Crippen molar-refractivity contribution in [2.24, 2.45) is 0 Å². The van der Waals surface area contributed by atoms with E-state index in [1.807, 2.05) is 0 Å². The molecule has 0 aliphatic heterocycles. The number of rotatable bonds is 3. The summed E-state index contributed by atoms with van der Waals surface area (Å²) >= 11 is 0. The number of para-hydroxylation sites is 1. The third-order valence-corrected chi connectivity index (χ3v) is 3.63. The molecule has 1 unspecified atom stereocenters. The molecule has 23 heavy (non-hydrogen) atoms. The zero-order valence-electron chi connectivity index (χ0n) is 12.4. The largest absolute Gasteiger partial charge is 0.467 e. The second-order valence-electron chi connectivity index (χ2n) is 4.99. The summed E-state index contributed by atoms with van der Waals surface area (Å²) in [6.07, 6.45) is 0. The summed E-state index contributed by atoms with van der Waals surface area (Å²) in [7, 11) is 1.22. The van der Waals surface area contributed by atoms with Crippen molar-refractivity contribution in [3.05, 3.63) is 81.0 Å². The molecular formula is C17H14N2O4. The number of methoxy groups -OCH3 is 1. The van der Waals surface area contributed by atoms with Crippen LogP contribution < -0.4 is 11.2 Å². The number of carbonyl (C=O) groups excluding carboxylic acids is 1. The Balaban J connectivity index is 2.33. The van der Waals surface area contributed by atoms with E-state index in [9.17, 15) is 14.4 Å². The third-order valence-electron chi connectivity index (χ3n) is 3.63. The van der Waals surface area contributed by atoms with Gasteiger partial charge in [-0.15, -0.1) is 0 Å². The summed E-state index contributed by atoms with van der Waals surface area (Å²) in [5.41, 5.74) is -0.269. The Morgan fingerprint density at radius 1 is 1.04 bits per heavy atom. The van der Waals surface area contributed by atoms with E-state index in [1.54, 1.807) is 54.6 Å². The summed E-state index contributed by atoms with van der Waals surface area (Å²) in [4.78, 5) is 40.0. The average molecular weight is 310 g/mol. The lowest BCUT2D eigenvalue weighted by Crippen LogP contribution is -2.41. The number of nitrogens with one attached hydrogen (secondary N) is 1. The van der Waals surface area contributed by atoms with Gasteiger partial charge in [0, 0.05) is 0 Å². The van der Waals surface area contributed by atoms with E-state index in [4.69, 9.17) is 4.74 Å². The molecule has 0 saturated heterocycles. The molecule has 6 heteroatoms. The smallest absolute Gasteiger partial charge is 0.333 e. The van der Waals surface area contributed by atoms with Gasteiger partial charge in [0.25, 0.3) is 5.56 Å². The molecule has 0 saturated carbocycles. The summed E-state index contributed by atoms with van der Waals surface area (Å²) in [5.74, 6) is -0.681. The second-order valence-corrected chi connectivity index (χ2v) is 4.99. The number of nitrogens with zero attached hydrogens (tertiary/aromatic N) is 1. The van der Waals surface area contributed by atoms with Gasteiger partial charge in [-0.25, -0.2) is 14.2 Å². The zero-order chi connectivity index (χ0) is 16.4. The highest BCUT2D eigenvalue weighted by molar-refractivity contribution is 5.80. The fourth-order valence-corrected chi connectivity index (χ4v) is 2.55. The van der Waals surface area contributed by atoms with Gasteiger partial charge >= 0.3 is 11.7 Å². The van der Waals surface area contributed by atoms with E-state index in [0.717, 1.165) is 4.57 Å². The molecular weight excluding hydrogens is 296 g/mol. The maximum atomic E-state index is 12.7. The van der Waals surface area contributed by atoms with Gasteiger partial charge in [0.05, 0.1) is 18.0 Å². The van der Waals surface area contributed by atoms with Crippen molar-refractivity contribution in [1.82, 2.24) is 9.55 Å². The Labute approximate surface area is 131 Å². The molecule has 1 heterocycles. The lowest BCUT2D eigenvalue weighted by atomic mass is 10.1. The Bertz CT molecular complexity index is 973. The minimum Gasteiger partial charge on any atom is -0.467 e. The second kappa shape index (κ2) is 5.92. The number of esters is 1. The maximum Gasteiger partial charge on any atom is 0.333 e. The third kappa shape index (κ3) is 2.55. The van der Waals surface area contributed by atoms with Crippen LogP contribution in [0.15, 0.2) is 64.2 Å². The number of aromatic amines is 1. The summed E-state index contributed by atoms with van der Waals surface area (Å²) < 4.78 is 5.68. The van der Waals surface area contributed by atoms with Crippen LogP contribution in [-0.4, -0.2) is 22.6 Å². The molecule has 116 valence electrons. The van der Waals surface area contributed by atoms with Gasteiger partial charge in [0.2, 0.25) is 0 Å². The van der Waals surface area contributed by atoms with E-state index < -0.39 is 23.3 Å². The Kier molecular flexibility index (Phi) is 3.80. The molecule has 6 nitrogen and oxygen atoms in total. The van der Waals surface area contributed by atoms with Crippen LogP contribution in [0.2, 0.25) is 0 Å². The molecule has 1 atom stereocenters. The van der Waals surface area contributed by atoms with Crippen molar-refractivity contribution >= 4 is 16.9 Å². The molecule has 3 rings (SSSR count). The fraction of sp³-hybridized carbons (Fsp3) is 0.118. The van der Waals surface area contributed by atoms with Gasteiger partial charge in [0.15, 0.2) is 6.04 Å². The molecule has 0 amide bonds. The zero-order valence-corrected chi connectivity index (χ0v) is 12.4. The normalized spacial score (nSPS) is 12.0. The standard InChI is InChI=1S/C17H14N2O4/c1-23-16(21)14(11-7-3-2-4-8-11)19-15(20)12-9-5-6-10-13(12)18-17(19)22/h2-10,14H,1H3,(H,18,22). The van der Waals surface area contributed by atoms with Crippen molar-refractivity contribution in [1.29, 1.82) is 0 Å². The van der Waals surface area contributed by atoms with Crippen LogP contribution in [0.25, 0.3) is 10.9 Å². The number of aromatic nitrogens is 2. The van der Waals surface area contributed by atoms with Crippen molar-refractivity contribution in [3.8, 4) is 0 Å². The van der Waals surface area contributed by atoms with Crippen LogP contribution in [0.3, 0.4) is 0 Å². The number of ether oxygens (including phenoxy) is 1. The van der Waals surface area contributed by atoms with Crippen molar-refractivity contribution < 1.29 is 9.53 Å². The summed E-state index contributed by atoms with van der Waals surface area (Å²) in [6, 6.07) is 14.1. The van der Waals surface area contributed by atoms with Crippen molar-refractivity contribution in [3.63, 3.8) is 0 Å². The Morgan fingerprint density at radius 3 is 2.39 bits per heavy atom. The van der Waals surface area contributed by atoms with Crippen molar-refractivity contribution in [2.45, 2.75) is 6.04 Å². The molecule has 0 fully saturated rings. The van der Waals surface area contributed by atoms with Crippen LogP contribution in [0.4, 0.5) is 0 Å². The molecule has 0 spiro atoms. The number of fused-ring (bicyclic) bond motifs is 1. The number of hydrogen-bond donors (Lipinski definition) is 1. The predicted octanol–water partition coefficient (Wildman–Crippen LogP) is 1.45. The monoisotopic (exact) mass is 310 g/mol. The van der Waals surface area contributed by atoms with Gasteiger partial charge < -0.3 is 9.72 Å². The van der Waals surface area contributed by atoms with Crippen LogP contribution in [0, 0.1) is 0 Å². The minimum absolute atomic E-state index is 0.330. The van der Waals surface area contributed by atoms with Gasteiger partial charge in [0.1, 0.15) is 0 Å². The first-order valence-corrected chi connectivity index (χ1v) is 7.00. The van der Waals surface area contributed by atoms with Crippen LogP contribution >= 0.6 is 0 Å². The highest BCUT2D eigenvalue weighted by atomic mass is 16.5. The SMILES string of the molecule is COC(=O)C(c1ccccc1)n1c(=O)[nH]c2ccccc2c1=O. The molecule has 2 aromatic carbocycles. The molecule has 1 N–H and O–H groups in total. The lowest BCUT2D eigenvalue weighted by molar-refractivity contribution is -0.143. The van der Waals surface area contributed by atoms with E-state index in [1.165, 1.54) is 7.11 Å². The summed E-state index contributed by atoms with van der Waals surface area (Å²) in [5, 5.41) is 0.330. The molecule has 3 aromatic rings. The first kappa shape index (κ1) is 14.8. The summed E-state index contributed by atoms with van der Waals surface area (Å²) in [6.45, 7) is 0. The molecule has 1 aromatic heterocycles. The fourth-order valence-electron chi connectivity index (χ4n) is 2.55. The van der Waals surface area contributed by atoms with Crippen LogP contribution in [0.5, 0.6) is 0 Å². The Morgan fingerprint density at radius 2 is 1.70 bits per heavy atom. The lowest BCUT2D eigenvalue weighted by Gasteiger charge is -2.17. The number of H-pyrrole nitrogens is 1.